The number of rotatable bonds is 5. The molecular formula is C18H32IN5OS. The molecule has 0 bridgehead atoms. The van der Waals surface area contributed by atoms with E-state index in [1.807, 2.05) is 11.8 Å². The highest BCUT2D eigenvalue weighted by atomic mass is 127. The van der Waals surface area contributed by atoms with Crippen molar-refractivity contribution >= 4 is 41.7 Å². The minimum Gasteiger partial charge on any atom is -0.387 e. The summed E-state index contributed by atoms with van der Waals surface area (Å²) in [4.78, 5) is 4.66. The van der Waals surface area contributed by atoms with Crippen LogP contribution >= 0.6 is 35.7 Å². The standard InChI is InChI=1S/C18H31N5OS.HI/c1-4-19-17(20-11-18(24)7-8-25-12-18)21-15-6-5-14-10-23(13(2)3)22-16(14)9-15;/h10,13,15,24H,4-9,11-12H2,1-3H3,(H2,19,20,21);1H. The van der Waals surface area contributed by atoms with Gasteiger partial charge >= 0.3 is 0 Å². The van der Waals surface area contributed by atoms with E-state index in [-0.39, 0.29) is 24.0 Å². The quantitative estimate of drug-likeness (QED) is 0.334. The van der Waals surface area contributed by atoms with Gasteiger partial charge in [-0.3, -0.25) is 9.67 Å². The average molecular weight is 493 g/mol. The van der Waals surface area contributed by atoms with E-state index in [0.717, 1.165) is 49.7 Å². The van der Waals surface area contributed by atoms with E-state index in [0.29, 0.717) is 18.6 Å². The molecule has 3 N–H and O–H groups in total. The normalized spacial score (nSPS) is 25.7. The highest BCUT2D eigenvalue weighted by molar-refractivity contribution is 14.0. The molecule has 1 aromatic heterocycles. The molecule has 1 aromatic rings. The second-order valence-electron chi connectivity index (χ2n) is 7.48. The lowest BCUT2D eigenvalue weighted by Crippen LogP contribution is -2.46. The maximum absolute atomic E-state index is 10.5. The van der Waals surface area contributed by atoms with Gasteiger partial charge in [0.1, 0.15) is 0 Å². The molecule has 26 heavy (non-hydrogen) atoms. The first-order valence-electron chi connectivity index (χ1n) is 9.41. The van der Waals surface area contributed by atoms with E-state index >= 15 is 0 Å². The van der Waals surface area contributed by atoms with Crippen molar-refractivity contribution in [2.24, 2.45) is 4.99 Å². The van der Waals surface area contributed by atoms with Crippen LogP contribution < -0.4 is 10.6 Å². The molecular weight excluding hydrogens is 461 g/mol. The van der Waals surface area contributed by atoms with Crippen LogP contribution in [0.2, 0.25) is 0 Å². The molecule has 8 heteroatoms. The maximum Gasteiger partial charge on any atom is 0.191 e. The SMILES string of the molecule is CCNC(=NCC1(O)CCSC1)NC1CCc2cn(C(C)C)nc2C1.I. The van der Waals surface area contributed by atoms with Crippen LogP contribution in [0.25, 0.3) is 0 Å². The molecule has 0 spiro atoms. The third-order valence-electron chi connectivity index (χ3n) is 4.92. The van der Waals surface area contributed by atoms with E-state index in [2.05, 4.69) is 47.3 Å². The van der Waals surface area contributed by atoms with Crippen molar-refractivity contribution in [3.63, 3.8) is 0 Å². The van der Waals surface area contributed by atoms with Gasteiger partial charge in [0.05, 0.1) is 17.8 Å². The van der Waals surface area contributed by atoms with Crippen LogP contribution in [0.4, 0.5) is 0 Å². The number of hydrogen-bond donors (Lipinski definition) is 3. The Labute approximate surface area is 178 Å². The second kappa shape index (κ2) is 9.64. The minimum absolute atomic E-state index is 0. The predicted molar refractivity (Wildman–Crippen MR) is 120 cm³/mol. The van der Waals surface area contributed by atoms with Gasteiger partial charge in [0, 0.05) is 37.0 Å². The Morgan fingerprint density at radius 3 is 3.00 bits per heavy atom. The molecule has 2 heterocycles. The molecule has 2 aliphatic rings. The molecule has 2 unspecified atom stereocenters. The number of aryl methyl sites for hydroxylation is 1. The molecule has 148 valence electrons. The smallest absolute Gasteiger partial charge is 0.191 e. The first-order valence-corrected chi connectivity index (χ1v) is 10.6. The molecule has 3 rings (SSSR count). The van der Waals surface area contributed by atoms with E-state index in [4.69, 9.17) is 5.10 Å². The molecule has 6 nitrogen and oxygen atoms in total. The first-order chi connectivity index (χ1) is 12.0. The van der Waals surface area contributed by atoms with Crippen LogP contribution in [0, 0.1) is 0 Å². The summed E-state index contributed by atoms with van der Waals surface area (Å²) in [6.45, 7) is 7.68. The number of guanidine groups is 1. The molecule has 1 fully saturated rings. The Kier molecular flexibility index (Phi) is 8.08. The summed E-state index contributed by atoms with van der Waals surface area (Å²) < 4.78 is 2.07. The number of aliphatic imine (C=N–C) groups is 1. The predicted octanol–water partition coefficient (Wildman–Crippen LogP) is 2.36. The summed E-state index contributed by atoms with van der Waals surface area (Å²) in [6, 6.07) is 0.745. The lowest BCUT2D eigenvalue weighted by atomic mass is 9.94. The van der Waals surface area contributed by atoms with Crippen molar-refractivity contribution in [3.8, 4) is 0 Å². The summed E-state index contributed by atoms with van der Waals surface area (Å²) >= 11 is 1.81. The molecule has 1 aliphatic carbocycles. The fourth-order valence-corrected chi connectivity index (χ4v) is 4.65. The third kappa shape index (κ3) is 5.51. The number of aromatic nitrogens is 2. The lowest BCUT2D eigenvalue weighted by molar-refractivity contribution is 0.0778. The van der Waals surface area contributed by atoms with E-state index in [1.54, 1.807) is 0 Å². The number of nitrogens with zero attached hydrogens (tertiary/aromatic N) is 3. The molecule has 2 atom stereocenters. The summed E-state index contributed by atoms with van der Waals surface area (Å²) in [5.41, 5.74) is 1.95. The minimum atomic E-state index is -0.636. The Morgan fingerprint density at radius 1 is 1.54 bits per heavy atom. The van der Waals surface area contributed by atoms with Crippen LogP contribution in [0.3, 0.4) is 0 Å². The Hall–Kier alpha value is -0.480. The Morgan fingerprint density at radius 2 is 2.35 bits per heavy atom. The van der Waals surface area contributed by atoms with Crippen molar-refractivity contribution in [1.82, 2.24) is 20.4 Å². The number of nitrogens with one attached hydrogen (secondary N) is 2. The van der Waals surface area contributed by atoms with Gasteiger partial charge in [-0.25, -0.2) is 0 Å². The van der Waals surface area contributed by atoms with Gasteiger partial charge in [-0.1, -0.05) is 0 Å². The number of thioether (sulfide) groups is 1. The highest BCUT2D eigenvalue weighted by Crippen LogP contribution is 2.28. The highest BCUT2D eigenvalue weighted by Gasteiger charge is 2.31. The largest absolute Gasteiger partial charge is 0.387 e. The molecule has 0 aromatic carbocycles. The summed E-state index contributed by atoms with van der Waals surface area (Å²) in [5, 5.41) is 22.1. The van der Waals surface area contributed by atoms with Gasteiger partial charge in [-0.05, 0) is 51.3 Å². The van der Waals surface area contributed by atoms with Crippen molar-refractivity contribution in [2.45, 2.75) is 64.1 Å². The van der Waals surface area contributed by atoms with Crippen LogP contribution in [0.5, 0.6) is 0 Å². The maximum atomic E-state index is 10.5. The third-order valence-corrected chi connectivity index (χ3v) is 6.16. The second-order valence-corrected chi connectivity index (χ2v) is 8.59. The Bertz CT molecular complexity index is 613. The van der Waals surface area contributed by atoms with Gasteiger partial charge in [-0.15, -0.1) is 24.0 Å². The van der Waals surface area contributed by atoms with Gasteiger partial charge in [0.25, 0.3) is 0 Å². The van der Waals surface area contributed by atoms with Crippen LogP contribution in [0.1, 0.15) is 50.9 Å². The average Bonchev–Trinajstić information content (AvgIpc) is 3.19. The van der Waals surface area contributed by atoms with Crippen LogP contribution in [-0.4, -0.2) is 57.1 Å². The number of hydrogen-bond acceptors (Lipinski definition) is 4. The zero-order valence-corrected chi connectivity index (χ0v) is 19.1. The van der Waals surface area contributed by atoms with Gasteiger partial charge in [0.15, 0.2) is 5.96 Å². The zero-order chi connectivity index (χ0) is 17.9. The van der Waals surface area contributed by atoms with Crippen molar-refractivity contribution < 1.29 is 5.11 Å². The fraction of sp³-hybridized carbons (Fsp3) is 0.778. The summed E-state index contributed by atoms with van der Waals surface area (Å²) in [6.07, 6.45) is 6.10. The summed E-state index contributed by atoms with van der Waals surface area (Å²) in [7, 11) is 0. The van der Waals surface area contributed by atoms with Gasteiger partial charge < -0.3 is 15.7 Å². The topological polar surface area (TPSA) is 74.5 Å². The number of aliphatic hydroxyl groups is 1. The monoisotopic (exact) mass is 493 g/mol. The molecule has 1 aliphatic heterocycles. The molecule has 0 saturated carbocycles. The van der Waals surface area contributed by atoms with E-state index in [9.17, 15) is 5.11 Å². The van der Waals surface area contributed by atoms with Gasteiger partial charge in [0.2, 0.25) is 0 Å². The molecule has 0 radical (unpaired) electrons. The van der Waals surface area contributed by atoms with E-state index < -0.39 is 5.60 Å². The van der Waals surface area contributed by atoms with Crippen molar-refractivity contribution in [3.05, 3.63) is 17.5 Å². The fourth-order valence-electron chi connectivity index (χ4n) is 3.36. The number of halogens is 1. The van der Waals surface area contributed by atoms with E-state index in [1.165, 1.54) is 11.3 Å². The van der Waals surface area contributed by atoms with Crippen molar-refractivity contribution in [1.29, 1.82) is 0 Å². The van der Waals surface area contributed by atoms with Crippen LogP contribution in [0.15, 0.2) is 11.2 Å². The van der Waals surface area contributed by atoms with Crippen LogP contribution in [-0.2, 0) is 12.8 Å². The zero-order valence-electron chi connectivity index (χ0n) is 16.0. The molecule has 0 amide bonds. The molecule has 1 saturated heterocycles. The number of fused-ring (bicyclic) bond motifs is 1. The summed E-state index contributed by atoms with van der Waals surface area (Å²) in [5.74, 6) is 2.62. The lowest BCUT2D eigenvalue weighted by Gasteiger charge is -2.25. The van der Waals surface area contributed by atoms with Gasteiger partial charge in [-0.2, -0.15) is 16.9 Å². The Balaban J connectivity index is 0.00000243. The van der Waals surface area contributed by atoms with Crippen molar-refractivity contribution in [2.75, 3.05) is 24.6 Å². The first kappa shape index (κ1) is 21.8.